The van der Waals surface area contributed by atoms with E-state index < -0.39 is 0 Å². The summed E-state index contributed by atoms with van der Waals surface area (Å²) < 4.78 is 11.7. The number of ether oxygens (including phenoxy) is 2. The quantitative estimate of drug-likeness (QED) is 0.131. The zero-order chi connectivity index (χ0) is 23.4. The van der Waals surface area contributed by atoms with E-state index in [0.29, 0.717) is 0 Å². The van der Waals surface area contributed by atoms with Gasteiger partial charge in [0.25, 0.3) is 0 Å². The van der Waals surface area contributed by atoms with Gasteiger partial charge in [-0.15, -0.1) is 0 Å². The molecule has 0 amide bonds. The molecule has 2 aromatic carbocycles. The van der Waals surface area contributed by atoms with Crippen molar-refractivity contribution in [3.63, 3.8) is 0 Å². The highest BCUT2D eigenvalue weighted by Gasteiger charge is 1.97. The van der Waals surface area contributed by atoms with Crippen molar-refractivity contribution in [2.75, 3.05) is 18.5 Å². The SMILES string of the molecule is CCCCCCCCOc1ccc(N=CNc2ccc(OCCCCCCCC)cc2)cc1. The fraction of sp³-hybridized carbons (Fsp3) is 0.552. The monoisotopic (exact) mass is 452 g/mol. The maximum atomic E-state index is 5.84. The molecule has 0 atom stereocenters. The molecule has 0 unspecified atom stereocenters. The molecule has 33 heavy (non-hydrogen) atoms. The van der Waals surface area contributed by atoms with Crippen molar-refractivity contribution < 1.29 is 9.47 Å². The van der Waals surface area contributed by atoms with Crippen LogP contribution in [0.2, 0.25) is 0 Å². The van der Waals surface area contributed by atoms with Crippen molar-refractivity contribution in [3.05, 3.63) is 48.5 Å². The second kappa shape index (κ2) is 18.0. The van der Waals surface area contributed by atoms with Gasteiger partial charge in [0.15, 0.2) is 0 Å². The van der Waals surface area contributed by atoms with Crippen LogP contribution in [0.3, 0.4) is 0 Å². The minimum atomic E-state index is 0.787. The summed E-state index contributed by atoms with van der Waals surface area (Å²) in [5.41, 5.74) is 1.89. The highest BCUT2D eigenvalue weighted by Crippen LogP contribution is 2.19. The van der Waals surface area contributed by atoms with Crippen LogP contribution in [0.1, 0.15) is 90.9 Å². The summed E-state index contributed by atoms with van der Waals surface area (Å²) in [7, 11) is 0. The molecule has 4 nitrogen and oxygen atoms in total. The van der Waals surface area contributed by atoms with Crippen LogP contribution >= 0.6 is 0 Å². The van der Waals surface area contributed by atoms with Gasteiger partial charge in [-0.05, 0) is 61.4 Å². The van der Waals surface area contributed by atoms with Gasteiger partial charge in [0, 0.05) is 5.69 Å². The number of rotatable bonds is 19. The van der Waals surface area contributed by atoms with Crippen molar-refractivity contribution in [2.24, 2.45) is 4.99 Å². The smallest absolute Gasteiger partial charge is 0.119 e. The van der Waals surface area contributed by atoms with E-state index in [1.807, 2.05) is 48.5 Å². The minimum absolute atomic E-state index is 0.787. The molecule has 0 radical (unpaired) electrons. The van der Waals surface area contributed by atoms with Crippen LogP contribution in [0.15, 0.2) is 53.5 Å². The Kier molecular flexibility index (Phi) is 14.6. The van der Waals surface area contributed by atoms with Gasteiger partial charge in [0.05, 0.1) is 25.2 Å². The van der Waals surface area contributed by atoms with Gasteiger partial charge >= 0.3 is 0 Å². The highest BCUT2D eigenvalue weighted by molar-refractivity contribution is 5.78. The molecule has 0 saturated carbocycles. The minimum Gasteiger partial charge on any atom is -0.494 e. The van der Waals surface area contributed by atoms with Gasteiger partial charge in [0.1, 0.15) is 11.5 Å². The molecule has 4 heteroatoms. The Balaban J connectivity index is 1.60. The predicted octanol–water partition coefficient (Wildman–Crippen LogP) is 8.94. The van der Waals surface area contributed by atoms with E-state index in [-0.39, 0.29) is 0 Å². The van der Waals surface area contributed by atoms with E-state index in [9.17, 15) is 0 Å². The molecular weight excluding hydrogens is 408 g/mol. The molecule has 0 bridgehead atoms. The molecule has 0 spiro atoms. The first-order chi connectivity index (χ1) is 16.3. The average molecular weight is 453 g/mol. The summed E-state index contributed by atoms with van der Waals surface area (Å²) in [6.45, 7) is 6.07. The first kappa shape index (κ1) is 26.8. The topological polar surface area (TPSA) is 42.8 Å². The van der Waals surface area contributed by atoms with Crippen molar-refractivity contribution >= 4 is 17.7 Å². The molecule has 1 N–H and O–H groups in total. The molecule has 0 aliphatic heterocycles. The Labute approximate surface area is 201 Å². The molecule has 2 rings (SSSR count). The summed E-state index contributed by atoms with van der Waals surface area (Å²) in [6, 6.07) is 16.0. The Bertz CT molecular complexity index is 741. The van der Waals surface area contributed by atoms with E-state index >= 15 is 0 Å². The van der Waals surface area contributed by atoms with E-state index in [1.165, 1.54) is 64.2 Å². The molecule has 0 fully saturated rings. The van der Waals surface area contributed by atoms with Gasteiger partial charge in [-0.2, -0.15) is 0 Å². The third kappa shape index (κ3) is 13.0. The molecule has 0 aliphatic carbocycles. The van der Waals surface area contributed by atoms with Crippen LogP contribution in [-0.4, -0.2) is 19.6 Å². The molecule has 182 valence electrons. The maximum absolute atomic E-state index is 5.84. The van der Waals surface area contributed by atoms with Crippen molar-refractivity contribution in [2.45, 2.75) is 90.9 Å². The highest BCUT2D eigenvalue weighted by atomic mass is 16.5. The lowest BCUT2D eigenvalue weighted by molar-refractivity contribution is 0.304. The van der Waals surface area contributed by atoms with Gasteiger partial charge in [-0.3, -0.25) is 0 Å². The number of nitrogens with one attached hydrogen (secondary N) is 1. The van der Waals surface area contributed by atoms with Crippen LogP contribution in [0.4, 0.5) is 11.4 Å². The Morgan fingerprint density at radius 3 is 1.58 bits per heavy atom. The summed E-state index contributed by atoms with van der Waals surface area (Å²) in [4.78, 5) is 4.47. The van der Waals surface area contributed by atoms with Crippen LogP contribution in [-0.2, 0) is 0 Å². The summed E-state index contributed by atoms with van der Waals surface area (Å²) >= 11 is 0. The number of anilines is 1. The van der Waals surface area contributed by atoms with Gasteiger partial charge in [-0.25, -0.2) is 4.99 Å². The third-order valence-corrected chi connectivity index (χ3v) is 5.67. The number of aliphatic imine (C=N–C) groups is 1. The number of benzene rings is 2. The Morgan fingerprint density at radius 2 is 1.06 bits per heavy atom. The fourth-order valence-corrected chi connectivity index (χ4v) is 3.60. The summed E-state index contributed by atoms with van der Waals surface area (Å²) in [5, 5.41) is 3.22. The van der Waals surface area contributed by atoms with Crippen molar-refractivity contribution in [3.8, 4) is 11.5 Å². The molecule has 0 heterocycles. The van der Waals surface area contributed by atoms with E-state index in [1.54, 1.807) is 6.34 Å². The van der Waals surface area contributed by atoms with E-state index in [2.05, 4.69) is 24.2 Å². The van der Waals surface area contributed by atoms with Crippen LogP contribution in [0, 0.1) is 0 Å². The molecular formula is C29H44N2O2. The number of hydrogen-bond acceptors (Lipinski definition) is 3. The first-order valence-corrected chi connectivity index (χ1v) is 13.1. The third-order valence-electron chi connectivity index (χ3n) is 5.67. The standard InChI is InChI=1S/C29H44N2O2/c1-3-5-7-9-11-13-23-32-28-19-15-26(16-20-28)30-25-31-27-17-21-29(22-18-27)33-24-14-12-10-8-6-4-2/h15-22,25H,3-14,23-24H2,1-2H3,(H,30,31). The van der Waals surface area contributed by atoms with Gasteiger partial charge in [-0.1, -0.05) is 78.1 Å². The molecule has 0 saturated heterocycles. The maximum Gasteiger partial charge on any atom is 0.119 e. The van der Waals surface area contributed by atoms with Crippen LogP contribution in [0.5, 0.6) is 11.5 Å². The molecule has 0 aromatic heterocycles. The summed E-state index contributed by atoms with van der Waals surface area (Å²) in [6.07, 6.45) is 17.1. The fourth-order valence-electron chi connectivity index (χ4n) is 3.60. The van der Waals surface area contributed by atoms with Crippen molar-refractivity contribution in [1.29, 1.82) is 0 Å². The van der Waals surface area contributed by atoms with Gasteiger partial charge < -0.3 is 14.8 Å². The Morgan fingerprint density at radius 1 is 0.606 bits per heavy atom. The Hall–Kier alpha value is -2.49. The zero-order valence-corrected chi connectivity index (χ0v) is 20.9. The first-order valence-electron chi connectivity index (χ1n) is 13.1. The average Bonchev–Trinajstić information content (AvgIpc) is 2.85. The second-order valence-electron chi connectivity index (χ2n) is 8.65. The number of unbranched alkanes of at least 4 members (excludes halogenated alkanes) is 10. The van der Waals surface area contributed by atoms with Crippen LogP contribution < -0.4 is 14.8 Å². The lowest BCUT2D eigenvalue weighted by Gasteiger charge is -2.07. The predicted molar refractivity (Wildman–Crippen MR) is 142 cm³/mol. The zero-order valence-electron chi connectivity index (χ0n) is 20.9. The molecule has 0 aliphatic rings. The van der Waals surface area contributed by atoms with E-state index in [4.69, 9.17) is 9.47 Å². The van der Waals surface area contributed by atoms with Gasteiger partial charge in [0.2, 0.25) is 0 Å². The lowest BCUT2D eigenvalue weighted by atomic mass is 10.1. The summed E-state index contributed by atoms with van der Waals surface area (Å²) in [5.74, 6) is 1.83. The largest absolute Gasteiger partial charge is 0.494 e. The molecule has 2 aromatic rings. The van der Waals surface area contributed by atoms with Crippen LogP contribution in [0.25, 0.3) is 0 Å². The van der Waals surface area contributed by atoms with E-state index in [0.717, 1.165) is 48.9 Å². The number of nitrogens with zero attached hydrogens (tertiary/aromatic N) is 1. The van der Waals surface area contributed by atoms with Crippen molar-refractivity contribution in [1.82, 2.24) is 0 Å². The lowest BCUT2D eigenvalue weighted by Crippen LogP contribution is -1.98. The second-order valence-corrected chi connectivity index (χ2v) is 8.65. The number of hydrogen-bond donors (Lipinski definition) is 1. The normalized spacial score (nSPS) is 11.1.